The second kappa shape index (κ2) is 34.1. The highest BCUT2D eigenvalue weighted by Gasteiger charge is 2.30. The van der Waals surface area contributed by atoms with E-state index in [1.165, 1.54) is 12.2 Å². The Morgan fingerprint density at radius 1 is 0.767 bits per heavy atom. The van der Waals surface area contributed by atoms with E-state index in [9.17, 15) is 47.9 Å². The number of rotatable bonds is 31. The number of hydrogen-bond donors (Lipinski definition) is 9. The van der Waals surface area contributed by atoms with Gasteiger partial charge in [0.2, 0.25) is 23.6 Å². The molecule has 3 aliphatic heterocycles. The molecule has 0 saturated heterocycles. The van der Waals surface area contributed by atoms with E-state index in [1.807, 2.05) is 36.1 Å². The van der Waals surface area contributed by atoms with Gasteiger partial charge in [-0.25, -0.2) is 14.6 Å². The maximum absolute atomic E-state index is 13.6. The molecule has 478 valence electrons. The van der Waals surface area contributed by atoms with E-state index >= 15 is 0 Å². The number of amidine groups is 1. The van der Waals surface area contributed by atoms with E-state index in [4.69, 9.17) is 16.2 Å². The van der Waals surface area contributed by atoms with Crippen LogP contribution in [-0.2, 0) is 59.6 Å². The van der Waals surface area contributed by atoms with Crippen molar-refractivity contribution >= 4 is 111 Å². The van der Waals surface area contributed by atoms with Gasteiger partial charge in [0.15, 0.2) is 0 Å². The van der Waals surface area contributed by atoms with E-state index in [1.54, 1.807) is 74.6 Å². The fourth-order valence-corrected chi connectivity index (χ4v) is 10.8. The molecular formula is C64H79IN14O11. The normalized spacial score (nSPS) is 14.2. The van der Waals surface area contributed by atoms with Crippen molar-refractivity contribution in [2.75, 3.05) is 60.9 Å². The van der Waals surface area contributed by atoms with E-state index < -0.39 is 36.0 Å². The third-order valence-corrected chi connectivity index (χ3v) is 15.5. The number of unbranched alkanes of at least 4 members (excludes halogenated alkanes) is 2. The number of nitrogens with one attached hydrogen (secondary N) is 7. The molecule has 0 radical (unpaired) electrons. The van der Waals surface area contributed by atoms with Crippen molar-refractivity contribution < 1.29 is 52.7 Å². The highest BCUT2D eigenvalue weighted by molar-refractivity contribution is 14.1. The molecule has 0 bridgehead atoms. The van der Waals surface area contributed by atoms with Gasteiger partial charge in [-0.15, -0.1) is 0 Å². The fourth-order valence-electron chi connectivity index (χ4n) is 10.2. The van der Waals surface area contributed by atoms with Crippen LogP contribution >= 0.6 is 22.6 Å². The Morgan fingerprint density at radius 3 is 2.20 bits per heavy atom. The monoisotopic (exact) mass is 1350 g/mol. The lowest BCUT2D eigenvalue weighted by atomic mass is 10.0. The highest BCUT2D eigenvalue weighted by Crippen LogP contribution is 2.30. The quantitative estimate of drug-likeness (QED) is 0.0130. The Labute approximate surface area is 536 Å². The lowest BCUT2D eigenvalue weighted by Crippen LogP contribution is -2.54. The van der Waals surface area contributed by atoms with Crippen LogP contribution in [0.5, 0.6) is 0 Å². The minimum absolute atomic E-state index is 0.0644. The number of carbonyl (C=O) groups is 10. The van der Waals surface area contributed by atoms with Crippen LogP contribution in [0.15, 0.2) is 102 Å². The standard InChI is InChI=1S/C64H79IN14O11/c1-4-28-78(31-24-65)62(87)46-32-44-17-18-45(34-52(44)74-53(66)35-46)59(84)73-49-33-47-38-77(30-23-50(47)71-36-49)37-41-11-15-43(16-12-41)58(83)68-26-27-70-64(89)90-39-42-13-19-48(20-14-42)72-60(85)51(9-8-25-69-63(67)88)75-61(86)57(40(2)3)76-54(80)10-6-5-7-29-79-55(81)21-22-56(79)82/h11-22,32-34,36,40,51,57H,4-10,23-31,35,37-39H2,1-3H3,(H2,66,74)(H,68,83)(H,70,89)(H,72,85)(H,73,84)(H,75,86)(H,76,80)(H3,67,69,88). The second-order valence-electron chi connectivity index (χ2n) is 22.3. The maximum Gasteiger partial charge on any atom is 0.407 e. The van der Waals surface area contributed by atoms with Crippen molar-refractivity contribution in [3.05, 3.63) is 136 Å². The first-order valence-corrected chi connectivity index (χ1v) is 31.7. The number of pyridine rings is 1. The zero-order valence-corrected chi connectivity index (χ0v) is 53.0. The largest absolute Gasteiger partial charge is 0.445 e. The first-order chi connectivity index (χ1) is 43.3. The van der Waals surface area contributed by atoms with Crippen LogP contribution in [0.25, 0.3) is 6.08 Å². The zero-order chi connectivity index (χ0) is 64.7. The Balaban J connectivity index is 0.805. The summed E-state index contributed by atoms with van der Waals surface area (Å²) in [5.41, 5.74) is 18.6. The molecule has 0 spiro atoms. The van der Waals surface area contributed by atoms with E-state index in [-0.39, 0.29) is 99.8 Å². The van der Waals surface area contributed by atoms with Crippen LogP contribution in [0, 0.1) is 5.92 Å². The van der Waals surface area contributed by atoms with Crippen LogP contribution in [0.4, 0.5) is 26.7 Å². The molecule has 1 aromatic heterocycles. The van der Waals surface area contributed by atoms with Crippen molar-refractivity contribution in [2.24, 2.45) is 22.4 Å². The topological polar surface area (TPSA) is 351 Å². The number of imide groups is 1. The summed E-state index contributed by atoms with van der Waals surface area (Å²) in [6.45, 7) is 9.35. The van der Waals surface area contributed by atoms with Gasteiger partial charge in [-0.2, -0.15) is 0 Å². The van der Waals surface area contributed by atoms with Crippen LogP contribution in [-0.4, -0.2) is 147 Å². The number of fused-ring (bicyclic) bond motifs is 2. The number of urea groups is 1. The molecule has 26 heteroatoms. The predicted octanol–water partition coefficient (Wildman–Crippen LogP) is 5.50. The third-order valence-electron chi connectivity index (χ3n) is 15.0. The van der Waals surface area contributed by atoms with Gasteiger partial charge in [-0.1, -0.05) is 80.1 Å². The number of benzene rings is 3. The van der Waals surface area contributed by atoms with Gasteiger partial charge in [0.05, 0.1) is 17.6 Å². The summed E-state index contributed by atoms with van der Waals surface area (Å²) in [6.07, 6.45) is 9.05. The number of anilines is 2. The minimum Gasteiger partial charge on any atom is -0.445 e. The van der Waals surface area contributed by atoms with Gasteiger partial charge in [-0.05, 0) is 103 Å². The number of primary amides is 1. The van der Waals surface area contributed by atoms with Gasteiger partial charge < -0.3 is 58.3 Å². The number of nitrogens with zero attached hydrogens (tertiary/aromatic N) is 5. The number of hydrogen-bond acceptors (Lipinski definition) is 15. The Bertz CT molecular complexity index is 3350. The molecular weight excluding hydrogens is 1270 g/mol. The van der Waals surface area contributed by atoms with Crippen molar-refractivity contribution in [2.45, 2.75) is 110 Å². The van der Waals surface area contributed by atoms with Crippen molar-refractivity contribution in [1.29, 1.82) is 0 Å². The number of carbonyl (C=O) groups excluding carboxylic acids is 10. The second-order valence-corrected chi connectivity index (χ2v) is 23.4. The average Bonchev–Trinajstić information content (AvgIpc) is 1.59. The first kappa shape index (κ1) is 68.4. The van der Waals surface area contributed by atoms with Crippen LogP contribution in [0.2, 0.25) is 0 Å². The van der Waals surface area contributed by atoms with Gasteiger partial charge in [0, 0.05) is 128 Å². The summed E-state index contributed by atoms with van der Waals surface area (Å²) in [4.78, 5) is 142. The molecule has 4 heterocycles. The van der Waals surface area contributed by atoms with E-state index in [2.05, 4.69) is 74.7 Å². The summed E-state index contributed by atoms with van der Waals surface area (Å²) in [7, 11) is 0. The molecule has 0 fully saturated rings. The smallest absolute Gasteiger partial charge is 0.407 e. The van der Waals surface area contributed by atoms with Crippen LogP contribution < -0.4 is 48.7 Å². The van der Waals surface area contributed by atoms with E-state index in [0.29, 0.717) is 96.2 Å². The van der Waals surface area contributed by atoms with Crippen LogP contribution in [0.1, 0.15) is 121 Å². The number of nitrogens with two attached hydrogens (primary N) is 2. The first-order valence-electron chi connectivity index (χ1n) is 30.2. The molecule has 7 rings (SSSR count). The molecule has 3 aromatic carbocycles. The van der Waals surface area contributed by atoms with Crippen molar-refractivity contribution in [3.8, 4) is 0 Å². The molecule has 0 saturated carbocycles. The number of alkyl carbamates (subject to hydrolysis) is 1. The molecule has 4 aromatic rings. The average molecular weight is 1350 g/mol. The maximum atomic E-state index is 13.6. The Morgan fingerprint density at radius 2 is 1.49 bits per heavy atom. The third kappa shape index (κ3) is 20.8. The molecule has 2 unspecified atom stereocenters. The Kier molecular flexibility index (Phi) is 25.9. The molecule has 2 atom stereocenters. The lowest BCUT2D eigenvalue weighted by molar-refractivity contribution is -0.137. The number of ether oxygens (including phenoxy) is 1. The predicted molar refractivity (Wildman–Crippen MR) is 348 cm³/mol. The van der Waals surface area contributed by atoms with Gasteiger partial charge in [-0.3, -0.25) is 53.1 Å². The molecule has 90 heavy (non-hydrogen) atoms. The van der Waals surface area contributed by atoms with Crippen LogP contribution in [0.3, 0.4) is 0 Å². The molecule has 3 aliphatic rings. The fraction of sp³-hybridized carbons (Fsp3) is 0.406. The van der Waals surface area contributed by atoms with Crippen molar-refractivity contribution in [1.82, 2.24) is 46.3 Å². The minimum atomic E-state index is -1.07. The summed E-state index contributed by atoms with van der Waals surface area (Å²) in [6, 6.07) is 18.1. The summed E-state index contributed by atoms with van der Waals surface area (Å²) < 4.78 is 6.18. The molecule has 11 amide bonds. The summed E-state index contributed by atoms with van der Waals surface area (Å²) in [5.74, 6) is -3.00. The number of aromatic nitrogens is 1. The number of amides is 11. The number of aliphatic imine (C=N–C) groups is 1. The molecule has 11 N–H and O–H groups in total. The molecule has 25 nitrogen and oxygen atoms in total. The van der Waals surface area contributed by atoms with Gasteiger partial charge >= 0.3 is 12.1 Å². The lowest BCUT2D eigenvalue weighted by Gasteiger charge is -2.28. The SMILES string of the molecule is CCCN(CCI)C(=O)C1=Cc2ccc(C(=O)Nc3cnc4c(c3)CN(Cc3ccc(C(=O)NCCNC(=O)OCc5ccc(NC(=O)C(CCCNC(N)=O)NC(=O)C(NC(=O)CCCCCN6C(=O)C=CC6=O)C(C)C)cc5)cc3)CC4)cc2N=C(N)C1. The van der Waals surface area contributed by atoms with Gasteiger partial charge in [0.25, 0.3) is 23.6 Å². The zero-order valence-electron chi connectivity index (χ0n) is 50.9. The van der Waals surface area contributed by atoms with Crippen molar-refractivity contribution in [3.63, 3.8) is 0 Å². The van der Waals surface area contributed by atoms with Gasteiger partial charge in [0.1, 0.15) is 24.5 Å². The Hall–Kier alpha value is -9.05. The summed E-state index contributed by atoms with van der Waals surface area (Å²) >= 11 is 2.26. The molecule has 0 aliphatic carbocycles. The van der Waals surface area contributed by atoms with E-state index in [0.717, 1.165) is 45.5 Å². The number of alkyl halides is 1. The number of halogens is 1. The summed E-state index contributed by atoms with van der Waals surface area (Å²) in [5, 5.41) is 19.2. The highest BCUT2D eigenvalue weighted by atomic mass is 127.